The van der Waals surface area contributed by atoms with E-state index in [-0.39, 0.29) is 0 Å². The molecule has 0 bridgehead atoms. The molecule has 5 heteroatoms. The normalized spacial score (nSPS) is 15.1. The molecular weight excluding hydrogens is 306 g/mol. The van der Waals surface area contributed by atoms with Gasteiger partial charge in [0.1, 0.15) is 0 Å². The van der Waals surface area contributed by atoms with Crippen LogP contribution in [-0.4, -0.2) is 29.5 Å². The summed E-state index contributed by atoms with van der Waals surface area (Å²) in [5, 5.41) is 7.94. The smallest absolute Gasteiger partial charge is 0.0767 e. The van der Waals surface area contributed by atoms with Crippen molar-refractivity contribution in [2.24, 2.45) is 13.0 Å². The Kier molecular flexibility index (Phi) is 5.85. The molecule has 0 aromatic carbocycles. The Morgan fingerprint density at radius 3 is 2.89 bits per heavy atom. The molecule has 0 unspecified atom stereocenters. The van der Waals surface area contributed by atoms with Gasteiger partial charge < -0.3 is 10.1 Å². The van der Waals surface area contributed by atoms with Crippen molar-refractivity contribution in [2.45, 2.75) is 39.2 Å². The van der Waals surface area contributed by atoms with E-state index in [9.17, 15) is 0 Å². The second-order valence-corrected chi connectivity index (χ2v) is 6.03. The van der Waals surface area contributed by atoms with Crippen LogP contribution in [0.2, 0.25) is 0 Å². The lowest BCUT2D eigenvalue weighted by Crippen LogP contribution is -2.18. The van der Waals surface area contributed by atoms with E-state index in [1.165, 1.54) is 18.5 Å². The maximum absolute atomic E-state index is 5.61. The van der Waals surface area contributed by atoms with Crippen molar-refractivity contribution in [1.29, 1.82) is 0 Å². The van der Waals surface area contributed by atoms with Crippen molar-refractivity contribution in [3.63, 3.8) is 0 Å². The van der Waals surface area contributed by atoms with Gasteiger partial charge in [-0.1, -0.05) is 6.92 Å². The number of halogens is 1. The highest BCUT2D eigenvalue weighted by Crippen LogP contribution is 2.28. The van der Waals surface area contributed by atoms with Crippen LogP contribution in [0.15, 0.2) is 4.47 Å². The minimum absolute atomic E-state index is 0.854. The van der Waals surface area contributed by atoms with Gasteiger partial charge in [-0.05, 0) is 54.1 Å². The first-order valence-corrected chi connectivity index (χ1v) is 8.00. The summed E-state index contributed by atoms with van der Waals surface area (Å²) in [6, 6.07) is 0. The van der Waals surface area contributed by atoms with E-state index in [0.29, 0.717) is 0 Å². The van der Waals surface area contributed by atoms with Crippen molar-refractivity contribution in [3.05, 3.63) is 15.9 Å². The minimum atomic E-state index is 0.854. The zero-order valence-electron chi connectivity index (χ0n) is 11.9. The van der Waals surface area contributed by atoms with Crippen LogP contribution in [0.25, 0.3) is 0 Å². The highest BCUT2D eigenvalue weighted by Gasteiger charge is 2.20. The second-order valence-electron chi connectivity index (χ2n) is 5.23. The Bertz CT molecular complexity index is 402. The molecule has 1 aromatic heterocycles. The fourth-order valence-corrected chi connectivity index (χ4v) is 2.81. The van der Waals surface area contributed by atoms with Gasteiger partial charge in [-0.3, -0.25) is 4.68 Å². The summed E-state index contributed by atoms with van der Waals surface area (Å²) >= 11 is 3.63. The van der Waals surface area contributed by atoms with Gasteiger partial charge in [0, 0.05) is 26.8 Å². The summed E-state index contributed by atoms with van der Waals surface area (Å²) in [5.74, 6) is 0.867. The van der Waals surface area contributed by atoms with Crippen LogP contribution >= 0.6 is 15.9 Å². The summed E-state index contributed by atoms with van der Waals surface area (Å²) in [6.07, 6.45) is 4.77. The second kappa shape index (κ2) is 7.41. The van der Waals surface area contributed by atoms with Crippen molar-refractivity contribution < 1.29 is 4.74 Å². The lowest BCUT2D eigenvalue weighted by molar-refractivity contribution is 0.122. The number of hydrogen-bond donors (Lipinski definition) is 1. The number of nitrogens with zero attached hydrogens (tertiary/aromatic N) is 2. The molecule has 0 radical (unpaired) electrons. The largest absolute Gasteiger partial charge is 0.381 e. The minimum Gasteiger partial charge on any atom is -0.381 e. The summed E-state index contributed by atoms with van der Waals surface area (Å²) < 4.78 is 8.72. The van der Waals surface area contributed by atoms with Crippen LogP contribution in [-0.2, 0) is 24.8 Å². The number of ether oxygens (including phenoxy) is 1. The van der Waals surface area contributed by atoms with Crippen LogP contribution in [0.5, 0.6) is 0 Å². The summed E-state index contributed by atoms with van der Waals surface area (Å²) in [6.45, 7) is 5.81. The van der Waals surface area contributed by atoms with Crippen molar-refractivity contribution in [2.75, 3.05) is 19.8 Å². The quantitative estimate of drug-likeness (QED) is 0.708. The first-order valence-electron chi connectivity index (χ1n) is 7.21. The summed E-state index contributed by atoms with van der Waals surface area (Å²) in [4.78, 5) is 0. The van der Waals surface area contributed by atoms with Crippen LogP contribution in [0.4, 0.5) is 0 Å². The molecule has 1 N–H and O–H groups in total. The van der Waals surface area contributed by atoms with Crippen LogP contribution in [0.1, 0.15) is 37.6 Å². The molecular formula is C14H24BrN3O. The monoisotopic (exact) mass is 329 g/mol. The first kappa shape index (κ1) is 15.0. The van der Waals surface area contributed by atoms with E-state index in [2.05, 4.69) is 33.3 Å². The van der Waals surface area contributed by atoms with Gasteiger partial charge >= 0.3 is 0 Å². The molecule has 1 aliphatic carbocycles. The molecule has 0 amide bonds. The lowest BCUT2D eigenvalue weighted by atomic mass is 10.3. The van der Waals surface area contributed by atoms with E-state index in [1.54, 1.807) is 0 Å². The maximum Gasteiger partial charge on any atom is 0.0767 e. The summed E-state index contributed by atoms with van der Waals surface area (Å²) in [5.41, 5.74) is 2.35. The third kappa shape index (κ3) is 4.58. The fourth-order valence-electron chi connectivity index (χ4n) is 2.05. The van der Waals surface area contributed by atoms with Crippen LogP contribution in [0, 0.1) is 5.92 Å². The fraction of sp³-hybridized carbons (Fsp3) is 0.786. The molecule has 1 fully saturated rings. The van der Waals surface area contributed by atoms with Crippen LogP contribution < -0.4 is 5.32 Å². The van der Waals surface area contributed by atoms with E-state index in [4.69, 9.17) is 4.74 Å². The van der Waals surface area contributed by atoms with E-state index in [0.717, 1.165) is 55.2 Å². The molecule has 1 aliphatic rings. The molecule has 108 valence electrons. The topological polar surface area (TPSA) is 39.1 Å². The van der Waals surface area contributed by atoms with Gasteiger partial charge in [0.2, 0.25) is 0 Å². The van der Waals surface area contributed by atoms with E-state index >= 15 is 0 Å². The zero-order chi connectivity index (χ0) is 13.7. The van der Waals surface area contributed by atoms with Gasteiger partial charge in [0.15, 0.2) is 0 Å². The lowest BCUT2D eigenvalue weighted by Gasteiger charge is -2.06. The predicted molar refractivity (Wildman–Crippen MR) is 80.2 cm³/mol. The van der Waals surface area contributed by atoms with Gasteiger partial charge in [-0.2, -0.15) is 5.10 Å². The van der Waals surface area contributed by atoms with Crippen molar-refractivity contribution in [3.8, 4) is 0 Å². The Morgan fingerprint density at radius 1 is 1.47 bits per heavy atom. The zero-order valence-corrected chi connectivity index (χ0v) is 13.5. The molecule has 1 aromatic rings. The molecule has 0 spiro atoms. The summed E-state index contributed by atoms with van der Waals surface area (Å²) in [7, 11) is 2.00. The predicted octanol–water partition coefficient (Wildman–Crippen LogP) is 2.65. The average Bonchev–Trinajstić information content (AvgIpc) is 3.18. The highest BCUT2D eigenvalue weighted by molar-refractivity contribution is 9.10. The molecule has 2 rings (SSSR count). The number of nitrogens with one attached hydrogen (secondary N) is 1. The Hall–Kier alpha value is -0.390. The van der Waals surface area contributed by atoms with Gasteiger partial charge in [-0.15, -0.1) is 0 Å². The maximum atomic E-state index is 5.61. The average molecular weight is 330 g/mol. The highest BCUT2D eigenvalue weighted by atomic mass is 79.9. The molecule has 1 saturated carbocycles. The molecule has 4 nitrogen and oxygen atoms in total. The molecule has 1 heterocycles. The molecule has 0 saturated heterocycles. The van der Waals surface area contributed by atoms with Gasteiger partial charge in [-0.25, -0.2) is 0 Å². The third-order valence-corrected chi connectivity index (χ3v) is 4.40. The molecule has 0 atom stereocenters. The Labute approximate surface area is 124 Å². The molecule has 19 heavy (non-hydrogen) atoms. The van der Waals surface area contributed by atoms with Crippen molar-refractivity contribution in [1.82, 2.24) is 15.1 Å². The third-order valence-electron chi connectivity index (χ3n) is 3.49. The SMILES string of the molecule is CCc1nn(C)c(CNCCCOCC2CC2)c1Br. The standard InChI is InChI=1S/C14H24BrN3O/c1-3-12-14(15)13(18(2)17-12)9-16-7-4-8-19-10-11-5-6-11/h11,16H,3-10H2,1-2H3. The number of rotatable bonds is 9. The molecule has 0 aliphatic heterocycles. The Morgan fingerprint density at radius 2 is 2.26 bits per heavy atom. The van der Waals surface area contributed by atoms with E-state index in [1.807, 2.05) is 11.7 Å². The van der Waals surface area contributed by atoms with E-state index < -0.39 is 0 Å². The Balaban J connectivity index is 1.60. The number of aryl methyl sites for hydroxylation is 2. The van der Waals surface area contributed by atoms with Gasteiger partial charge in [0.25, 0.3) is 0 Å². The number of aromatic nitrogens is 2. The first-order chi connectivity index (χ1) is 9.22. The number of hydrogen-bond acceptors (Lipinski definition) is 3. The van der Waals surface area contributed by atoms with Crippen molar-refractivity contribution >= 4 is 15.9 Å². The van der Waals surface area contributed by atoms with Crippen LogP contribution in [0.3, 0.4) is 0 Å². The van der Waals surface area contributed by atoms with Gasteiger partial charge in [0.05, 0.1) is 15.9 Å².